The van der Waals surface area contributed by atoms with Crippen LogP contribution >= 0.6 is 0 Å². The summed E-state index contributed by atoms with van der Waals surface area (Å²) in [4.78, 5) is 9.82. The van der Waals surface area contributed by atoms with Gasteiger partial charge in [-0.15, -0.1) is 0 Å². The molecule has 0 aromatic carbocycles. The average molecular weight is 162 g/mol. The fourth-order valence-electron chi connectivity index (χ4n) is 0.498. The second-order valence-electron chi connectivity index (χ2n) is 1.86. The van der Waals surface area contributed by atoms with Gasteiger partial charge < -0.3 is 14.2 Å². The Morgan fingerprint density at radius 2 is 2.00 bits per heavy atom. The number of carbonyl (C=O) groups excluding carboxylic acids is 1. The van der Waals surface area contributed by atoms with Gasteiger partial charge in [-0.1, -0.05) is 0 Å². The highest BCUT2D eigenvalue weighted by atomic mass is 16.7. The van der Waals surface area contributed by atoms with Crippen molar-refractivity contribution in [3.63, 3.8) is 0 Å². The molecule has 66 valence electrons. The highest BCUT2D eigenvalue weighted by Crippen LogP contribution is 1.85. The minimum atomic E-state index is -0.211. The third-order valence-electron chi connectivity index (χ3n) is 0.886. The molecule has 0 N–H and O–H groups in total. The first-order valence-corrected chi connectivity index (χ1v) is 3.56. The third kappa shape index (κ3) is 9.39. The zero-order valence-electron chi connectivity index (χ0n) is 6.96. The molecule has 1 aliphatic heterocycles. The van der Waals surface area contributed by atoms with Gasteiger partial charge in [0.2, 0.25) is 0 Å². The quantitative estimate of drug-likeness (QED) is 0.528. The molecular formula is C7H14O4. The molecule has 0 saturated carbocycles. The van der Waals surface area contributed by atoms with Crippen molar-refractivity contribution >= 4 is 5.97 Å². The summed E-state index contributed by atoms with van der Waals surface area (Å²) in [6.07, 6.45) is 0. The molecule has 0 amide bonds. The molecule has 0 radical (unpaired) electrons. The van der Waals surface area contributed by atoms with Gasteiger partial charge in [0, 0.05) is 6.92 Å². The van der Waals surface area contributed by atoms with E-state index >= 15 is 0 Å². The molecule has 1 saturated heterocycles. The molecular weight excluding hydrogens is 148 g/mol. The number of carbonyl (C=O) groups is 1. The largest absolute Gasteiger partial charge is 0.466 e. The molecule has 1 aliphatic rings. The summed E-state index contributed by atoms with van der Waals surface area (Å²) in [6, 6.07) is 0. The van der Waals surface area contributed by atoms with Gasteiger partial charge >= 0.3 is 5.97 Å². The number of esters is 1. The standard InChI is InChI=1S/C4H8O2.C3H6O2/c1-3-6-4(2)5;1-2-5-3-4-1/h3H2,1-2H3;1-3H2. The van der Waals surface area contributed by atoms with Crippen LogP contribution in [-0.4, -0.2) is 32.6 Å². The van der Waals surface area contributed by atoms with Crippen LogP contribution in [0.25, 0.3) is 0 Å². The van der Waals surface area contributed by atoms with Crippen molar-refractivity contribution in [2.75, 3.05) is 26.6 Å². The average Bonchev–Trinajstić information content (AvgIpc) is 2.41. The summed E-state index contributed by atoms with van der Waals surface area (Å²) < 4.78 is 13.8. The van der Waals surface area contributed by atoms with E-state index in [1.54, 1.807) is 6.92 Å². The molecule has 0 atom stereocenters. The number of rotatable bonds is 1. The van der Waals surface area contributed by atoms with Crippen molar-refractivity contribution in [3.05, 3.63) is 0 Å². The third-order valence-corrected chi connectivity index (χ3v) is 0.886. The van der Waals surface area contributed by atoms with E-state index in [0.717, 1.165) is 13.2 Å². The van der Waals surface area contributed by atoms with Crippen LogP contribution in [-0.2, 0) is 19.0 Å². The Morgan fingerprint density at radius 3 is 2.09 bits per heavy atom. The second kappa shape index (κ2) is 7.50. The highest BCUT2D eigenvalue weighted by molar-refractivity contribution is 5.65. The van der Waals surface area contributed by atoms with Crippen LogP contribution in [0.1, 0.15) is 13.8 Å². The molecule has 1 rings (SSSR count). The first-order chi connectivity index (χ1) is 5.27. The van der Waals surface area contributed by atoms with Gasteiger partial charge in [0.15, 0.2) is 0 Å². The zero-order valence-corrected chi connectivity index (χ0v) is 6.96. The van der Waals surface area contributed by atoms with Crippen LogP contribution in [0, 0.1) is 0 Å². The Hall–Kier alpha value is -0.610. The Balaban J connectivity index is 0.000000183. The predicted molar refractivity (Wildman–Crippen MR) is 39.1 cm³/mol. The van der Waals surface area contributed by atoms with Crippen molar-refractivity contribution < 1.29 is 19.0 Å². The summed E-state index contributed by atoms with van der Waals surface area (Å²) in [5.41, 5.74) is 0. The second-order valence-corrected chi connectivity index (χ2v) is 1.86. The minimum Gasteiger partial charge on any atom is -0.466 e. The van der Waals surface area contributed by atoms with E-state index in [4.69, 9.17) is 9.47 Å². The van der Waals surface area contributed by atoms with Gasteiger partial charge in [-0.3, -0.25) is 4.79 Å². The molecule has 1 heterocycles. The van der Waals surface area contributed by atoms with Crippen LogP contribution in [0.5, 0.6) is 0 Å². The lowest BCUT2D eigenvalue weighted by Gasteiger charge is -1.89. The van der Waals surface area contributed by atoms with Crippen molar-refractivity contribution in [2.24, 2.45) is 0 Å². The van der Waals surface area contributed by atoms with Crippen LogP contribution < -0.4 is 0 Å². The summed E-state index contributed by atoms with van der Waals surface area (Å²) in [5, 5.41) is 0. The summed E-state index contributed by atoms with van der Waals surface area (Å²) in [5.74, 6) is -0.211. The van der Waals surface area contributed by atoms with E-state index in [0.29, 0.717) is 13.4 Å². The fourth-order valence-corrected chi connectivity index (χ4v) is 0.498. The molecule has 0 spiro atoms. The van der Waals surface area contributed by atoms with Crippen LogP contribution in [0.4, 0.5) is 0 Å². The highest BCUT2D eigenvalue weighted by Gasteiger charge is 1.93. The van der Waals surface area contributed by atoms with E-state index in [-0.39, 0.29) is 5.97 Å². The predicted octanol–water partition coefficient (Wildman–Crippen LogP) is 0.560. The Kier molecular flexibility index (Phi) is 7.08. The Labute approximate surface area is 66.4 Å². The van der Waals surface area contributed by atoms with Gasteiger partial charge in [-0.05, 0) is 6.92 Å². The lowest BCUT2D eigenvalue weighted by atomic mass is 10.8. The molecule has 0 unspecified atom stereocenters. The molecule has 0 bridgehead atoms. The maximum absolute atomic E-state index is 9.82. The SMILES string of the molecule is C1COCO1.CCOC(C)=O. The molecule has 0 aromatic rings. The number of ether oxygens (including phenoxy) is 3. The van der Waals surface area contributed by atoms with Crippen molar-refractivity contribution in [1.82, 2.24) is 0 Å². The van der Waals surface area contributed by atoms with Crippen molar-refractivity contribution in [2.45, 2.75) is 13.8 Å². The van der Waals surface area contributed by atoms with E-state index in [1.807, 2.05) is 0 Å². The molecule has 0 aromatic heterocycles. The fraction of sp³-hybridized carbons (Fsp3) is 0.857. The molecule has 0 aliphatic carbocycles. The van der Waals surface area contributed by atoms with Gasteiger partial charge in [0.25, 0.3) is 0 Å². The normalized spacial score (nSPS) is 15.1. The van der Waals surface area contributed by atoms with Gasteiger partial charge in [0.1, 0.15) is 6.79 Å². The van der Waals surface area contributed by atoms with Crippen LogP contribution in [0.3, 0.4) is 0 Å². The van der Waals surface area contributed by atoms with E-state index in [2.05, 4.69) is 4.74 Å². The van der Waals surface area contributed by atoms with Crippen molar-refractivity contribution in [1.29, 1.82) is 0 Å². The van der Waals surface area contributed by atoms with Crippen molar-refractivity contribution in [3.8, 4) is 0 Å². The zero-order chi connectivity index (χ0) is 8.53. The van der Waals surface area contributed by atoms with E-state index < -0.39 is 0 Å². The lowest BCUT2D eigenvalue weighted by molar-refractivity contribution is -0.140. The smallest absolute Gasteiger partial charge is 0.302 e. The summed E-state index contributed by atoms with van der Waals surface area (Å²) in [7, 11) is 0. The minimum absolute atomic E-state index is 0.211. The molecule has 4 heteroatoms. The topological polar surface area (TPSA) is 44.8 Å². The van der Waals surface area contributed by atoms with Gasteiger partial charge in [0.05, 0.1) is 19.8 Å². The van der Waals surface area contributed by atoms with Crippen LogP contribution in [0.2, 0.25) is 0 Å². The first kappa shape index (κ1) is 10.4. The van der Waals surface area contributed by atoms with E-state index in [9.17, 15) is 4.79 Å². The molecule has 11 heavy (non-hydrogen) atoms. The molecule has 4 nitrogen and oxygen atoms in total. The number of hydrogen-bond donors (Lipinski definition) is 0. The summed E-state index contributed by atoms with van der Waals surface area (Å²) >= 11 is 0. The van der Waals surface area contributed by atoms with Gasteiger partial charge in [-0.25, -0.2) is 0 Å². The molecule has 1 fully saturated rings. The lowest BCUT2D eigenvalue weighted by Crippen LogP contribution is -1.95. The number of hydrogen-bond acceptors (Lipinski definition) is 4. The first-order valence-electron chi connectivity index (χ1n) is 3.56. The maximum Gasteiger partial charge on any atom is 0.302 e. The van der Waals surface area contributed by atoms with Gasteiger partial charge in [-0.2, -0.15) is 0 Å². The Bertz CT molecular complexity index is 91.0. The van der Waals surface area contributed by atoms with E-state index in [1.165, 1.54) is 6.92 Å². The summed E-state index contributed by atoms with van der Waals surface area (Å²) in [6.45, 7) is 5.71. The Morgan fingerprint density at radius 1 is 1.45 bits per heavy atom. The monoisotopic (exact) mass is 162 g/mol. The maximum atomic E-state index is 9.82. The van der Waals surface area contributed by atoms with Crippen LogP contribution in [0.15, 0.2) is 0 Å².